The Labute approximate surface area is 112 Å². The van der Waals surface area contributed by atoms with Gasteiger partial charge in [-0.1, -0.05) is 12.1 Å². The quantitative estimate of drug-likeness (QED) is 0.464. The summed E-state index contributed by atoms with van der Waals surface area (Å²) in [5.74, 6) is -0.768. The zero-order valence-corrected chi connectivity index (χ0v) is 11.6. The van der Waals surface area contributed by atoms with Gasteiger partial charge in [-0.25, -0.2) is 4.79 Å². The van der Waals surface area contributed by atoms with Gasteiger partial charge in [0.2, 0.25) is 0 Å². The number of carbonyl (C=O) groups is 2. The SMILES string of the molecule is CCC(=NOC(=O)c1ccc(N(C)C)cc1)C(C)=O. The van der Waals surface area contributed by atoms with Crippen molar-refractivity contribution in [3.05, 3.63) is 29.8 Å². The molecule has 0 atom stereocenters. The van der Waals surface area contributed by atoms with E-state index in [1.807, 2.05) is 31.1 Å². The molecule has 0 saturated carbocycles. The molecular weight excluding hydrogens is 244 g/mol. The standard InChI is InChI=1S/C14H18N2O3/c1-5-13(10(2)17)15-19-14(18)11-6-8-12(9-7-11)16(3)4/h6-9H,5H2,1-4H3. The van der Waals surface area contributed by atoms with E-state index >= 15 is 0 Å². The fourth-order valence-electron chi connectivity index (χ4n) is 1.42. The molecule has 102 valence electrons. The average molecular weight is 262 g/mol. The summed E-state index contributed by atoms with van der Waals surface area (Å²) in [5.41, 5.74) is 1.63. The zero-order valence-electron chi connectivity index (χ0n) is 11.6. The van der Waals surface area contributed by atoms with Crippen LogP contribution in [0.1, 0.15) is 30.6 Å². The van der Waals surface area contributed by atoms with Crippen molar-refractivity contribution in [2.24, 2.45) is 5.16 Å². The second kappa shape index (κ2) is 6.68. The summed E-state index contributed by atoms with van der Waals surface area (Å²) in [5, 5.41) is 3.58. The Morgan fingerprint density at radius 3 is 2.21 bits per heavy atom. The highest BCUT2D eigenvalue weighted by atomic mass is 16.7. The van der Waals surface area contributed by atoms with E-state index < -0.39 is 5.97 Å². The highest BCUT2D eigenvalue weighted by Gasteiger charge is 2.09. The first kappa shape index (κ1) is 14.9. The van der Waals surface area contributed by atoms with Crippen LogP contribution in [0.15, 0.2) is 29.4 Å². The van der Waals surface area contributed by atoms with E-state index in [1.54, 1.807) is 19.1 Å². The van der Waals surface area contributed by atoms with E-state index in [0.717, 1.165) is 5.69 Å². The number of carbonyl (C=O) groups excluding carboxylic acids is 2. The average Bonchev–Trinajstić information content (AvgIpc) is 2.38. The number of benzene rings is 1. The van der Waals surface area contributed by atoms with E-state index in [-0.39, 0.29) is 11.5 Å². The van der Waals surface area contributed by atoms with Gasteiger partial charge in [0.05, 0.1) is 5.56 Å². The topological polar surface area (TPSA) is 59.0 Å². The van der Waals surface area contributed by atoms with Crippen molar-refractivity contribution in [3.8, 4) is 0 Å². The predicted molar refractivity (Wildman–Crippen MR) is 74.6 cm³/mol. The number of rotatable bonds is 5. The minimum absolute atomic E-state index is 0.196. The second-order valence-corrected chi connectivity index (χ2v) is 4.27. The molecule has 0 radical (unpaired) electrons. The predicted octanol–water partition coefficient (Wildman–Crippen LogP) is 2.26. The Balaban J connectivity index is 2.76. The smallest absolute Gasteiger partial charge is 0.365 e. The summed E-state index contributed by atoms with van der Waals surface area (Å²) in [6.45, 7) is 3.17. The van der Waals surface area contributed by atoms with Crippen LogP contribution in [-0.2, 0) is 9.63 Å². The summed E-state index contributed by atoms with van der Waals surface area (Å²) in [6.07, 6.45) is 0.433. The molecule has 0 heterocycles. The number of nitrogens with zero attached hydrogens (tertiary/aromatic N) is 2. The summed E-state index contributed by atoms with van der Waals surface area (Å²) < 4.78 is 0. The van der Waals surface area contributed by atoms with Gasteiger partial charge >= 0.3 is 5.97 Å². The first-order valence-corrected chi connectivity index (χ1v) is 6.02. The number of hydrogen-bond donors (Lipinski definition) is 0. The number of anilines is 1. The van der Waals surface area contributed by atoms with Crippen LogP contribution in [0.2, 0.25) is 0 Å². The third-order valence-electron chi connectivity index (χ3n) is 2.60. The number of ketones is 1. The highest BCUT2D eigenvalue weighted by molar-refractivity contribution is 6.38. The Bertz CT molecular complexity index is 490. The van der Waals surface area contributed by atoms with Gasteiger partial charge in [0.1, 0.15) is 5.71 Å². The van der Waals surface area contributed by atoms with Gasteiger partial charge in [-0.3, -0.25) is 4.79 Å². The van der Waals surface area contributed by atoms with Gasteiger partial charge in [-0.15, -0.1) is 0 Å². The van der Waals surface area contributed by atoms with E-state index in [1.165, 1.54) is 6.92 Å². The first-order chi connectivity index (χ1) is 8.95. The minimum atomic E-state index is -0.572. The second-order valence-electron chi connectivity index (χ2n) is 4.27. The Kier molecular flexibility index (Phi) is 5.23. The molecule has 5 nitrogen and oxygen atoms in total. The maximum absolute atomic E-state index is 11.7. The molecule has 0 aromatic heterocycles. The Hall–Kier alpha value is -2.17. The van der Waals surface area contributed by atoms with Crippen LogP contribution < -0.4 is 4.90 Å². The minimum Gasteiger partial charge on any atom is -0.378 e. The molecule has 19 heavy (non-hydrogen) atoms. The Morgan fingerprint density at radius 2 is 1.79 bits per heavy atom. The van der Waals surface area contributed by atoms with Gasteiger partial charge in [0.25, 0.3) is 0 Å². The highest BCUT2D eigenvalue weighted by Crippen LogP contribution is 2.13. The third kappa shape index (κ3) is 4.21. The molecule has 5 heteroatoms. The molecule has 1 aromatic rings. The van der Waals surface area contributed by atoms with Crippen molar-refractivity contribution in [3.63, 3.8) is 0 Å². The van der Waals surface area contributed by atoms with Gasteiger partial charge in [-0.2, -0.15) is 0 Å². The van der Waals surface area contributed by atoms with Gasteiger partial charge in [0, 0.05) is 26.7 Å². The summed E-state index contributed by atoms with van der Waals surface area (Å²) in [7, 11) is 3.83. The van der Waals surface area contributed by atoms with E-state index in [0.29, 0.717) is 12.0 Å². The molecule has 0 saturated heterocycles. The molecule has 1 rings (SSSR count). The van der Waals surface area contributed by atoms with E-state index in [2.05, 4.69) is 5.16 Å². The summed E-state index contributed by atoms with van der Waals surface area (Å²) in [6, 6.07) is 6.94. The molecule has 0 amide bonds. The Morgan fingerprint density at radius 1 is 1.21 bits per heavy atom. The van der Waals surface area contributed by atoms with Crippen molar-refractivity contribution in [2.75, 3.05) is 19.0 Å². The van der Waals surface area contributed by atoms with Gasteiger partial charge in [0.15, 0.2) is 5.78 Å². The molecular formula is C14H18N2O3. The maximum atomic E-state index is 11.7. The van der Waals surface area contributed by atoms with Crippen molar-refractivity contribution in [1.29, 1.82) is 0 Å². The third-order valence-corrected chi connectivity index (χ3v) is 2.60. The molecule has 0 bridgehead atoms. The van der Waals surface area contributed by atoms with Crippen molar-refractivity contribution >= 4 is 23.2 Å². The lowest BCUT2D eigenvalue weighted by molar-refractivity contribution is -0.111. The van der Waals surface area contributed by atoms with Crippen LogP contribution in [0.3, 0.4) is 0 Å². The van der Waals surface area contributed by atoms with Crippen molar-refractivity contribution in [2.45, 2.75) is 20.3 Å². The summed E-state index contributed by atoms with van der Waals surface area (Å²) >= 11 is 0. The number of oxime groups is 1. The zero-order chi connectivity index (χ0) is 14.4. The molecule has 0 spiro atoms. The van der Waals surface area contributed by atoms with Crippen LogP contribution in [0.25, 0.3) is 0 Å². The number of Topliss-reactive ketones (excluding diaryl/α,β-unsaturated/α-hetero) is 1. The van der Waals surface area contributed by atoms with E-state index in [9.17, 15) is 9.59 Å². The number of hydrogen-bond acceptors (Lipinski definition) is 5. The lowest BCUT2D eigenvalue weighted by Gasteiger charge is -2.11. The van der Waals surface area contributed by atoms with E-state index in [4.69, 9.17) is 4.84 Å². The van der Waals surface area contributed by atoms with Crippen LogP contribution >= 0.6 is 0 Å². The molecule has 0 fully saturated rings. The fraction of sp³-hybridized carbons (Fsp3) is 0.357. The summed E-state index contributed by atoms with van der Waals surface area (Å²) in [4.78, 5) is 29.5. The maximum Gasteiger partial charge on any atom is 0.365 e. The van der Waals surface area contributed by atoms with Crippen LogP contribution in [0.4, 0.5) is 5.69 Å². The molecule has 0 unspecified atom stereocenters. The monoisotopic (exact) mass is 262 g/mol. The van der Waals surface area contributed by atoms with Gasteiger partial charge < -0.3 is 9.74 Å². The molecule has 0 aliphatic carbocycles. The van der Waals surface area contributed by atoms with Crippen LogP contribution in [0.5, 0.6) is 0 Å². The van der Waals surface area contributed by atoms with Crippen LogP contribution in [-0.4, -0.2) is 31.6 Å². The van der Waals surface area contributed by atoms with Crippen molar-refractivity contribution in [1.82, 2.24) is 0 Å². The lowest BCUT2D eigenvalue weighted by Crippen LogP contribution is -2.11. The van der Waals surface area contributed by atoms with Crippen LogP contribution in [0, 0.1) is 0 Å². The van der Waals surface area contributed by atoms with Gasteiger partial charge in [-0.05, 0) is 30.7 Å². The van der Waals surface area contributed by atoms with Crippen molar-refractivity contribution < 1.29 is 14.4 Å². The molecule has 0 aliphatic heterocycles. The molecule has 0 aliphatic rings. The largest absolute Gasteiger partial charge is 0.378 e. The fourth-order valence-corrected chi connectivity index (χ4v) is 1.42. The molecule has 1 aromatic carbocycles. The first-order valence-electron chi connectivity index (χ1n) is 6.02. The normalized spacial score (nSPS) is 11.1. The lowest BCUT2D eigenvalue weighted by atomic mass is 10.2. The molecule has 0 N–H and O–H groups in total.